The van der Waals surface area contributed by atoms with Gasteiger partial charge >= 0.3 is 11.9 Å². The highest BCUT2D eigenvalue weighted by molar-refractivity contribution is 5.71. The van der Waals surface area contributed by atoms with Gasteiger partial charge in [-0.15, -0.1) is 0 Å². The maximum Gasteiger partial charge on any atom is 0.311 e. The third-order valence-corrected chi connectivity index (χ3v) is 10.9. The fourth-order valence-electron chi connectivity index (χ4n) is 7.29. The SMILES string of the molecule is C=C/C=C/C=C/C=C/C=C/[C@H](C)[C@@H](O)C[C@H](C)OC(=O)CCC[C@H](O)CC[C@@H](O)[C@H](O)C[C@H](O)C[C@]1(O)C[C@H](O)[C@@H](C(=O)O)[C@H](C[C@H](/C=C/C=C/C)O[C@@H]2OC[C@@H](O)[C@H](N)[C@@H]2O)O1. The van der Waals surface area contributed by atoms with Crippen molar-refractivity contribution in [1.82, 2.24) is 0 Å². The Bertz CT molecular complexity index is 1530. The number of carboxylic acids is 1. The van der Waals surface area contributed by atoms with Crippen molar-refractivity contribution in [3.05, 3.63) is 85.6 Å². The van der Waals surface area contributed by atoms with E-state index in [4.69, 9.17) is 24.7 Å². The molecule has 0 aliphatic carbocycles. The Balaban J connectivity index is 1.84. The molecule has 0 unspecified atom stereocenters. The smallest absolute Gasteiger partial charge is 0.311 e. The first-order valence-electron chi connectivity index (χ1n) is 21.7. The van der Waals surface area contributed by atoms with Crippen LogP contribution in [0, 0.1) is 11.8 Å². The molecule has 2 saturated heterocycles. The van der Waals surface area contributed by atoms with Crippen molar-refractivity contribution in [2.24, 2.45) is 17.6 Å². The van der Waals surface area contributed by atoms with Crippen LogP contribution in [0.15, 0.2) is 85.6 Å². The standard InChI is InChI=1S/C46H73NO16/c1-5-7-9-10-11-12-13-15-17-29(3)35(51)23-30(4)61-40(55)20-16-18-31(48)21-22-34(50)36(52)24-32(49)26-46(59)27-37(53)41(44(57)58)39(63-46)25-33(19-14-8-6-2)62-45-43(56)42(47)38(54)28-60-45/h5-15,17,19,29-39,41-43,45,48-54,56,59H,1,16,18,20-28,47H2,2-4H3,(H,57,58)/b8-6+,9-7+,11-10+,13-12+,17-15+,19-14+/t29-,30-,31-,32-,33-,34+,35-,36+,37-,38+,39-,41+,42-,43-,45-,46+/m0/s1. The number of ether oxygens (including phenoxy) is 4. The van der Waals surface area contributed by atoms with Gasteiger partial charge in [0.15, 0.2) is 12.1 Å². The number of hydrogen-bond donors (Lipinski definition) is 11. The molecule has 12 N–H and O–H groups in total. The Morgan fingerprint density at radius 1 is 0.841 bits per heavy atom. The Kier molecular flexibility index (Phi) is 25.8. The number of carbonyl (C=O) groups excluding carboxylic acids is 1. The molecule has 16 atom stereocenters. The molecule has 0 aromatic rings. The summed E-state index contributed by atoms with van der Waals surface area (Å²) in [5.74, 6) is -5.89. The van der Waals surface area contributed by atoms with E-state index in [9.17, 15) is 60.7 Å². The summed E-state index contributed by atoms with van der Waals surface area (Å²) in [6.45, 7) is 8.67. The summed E-state index contributed by atoms with van der Waals surface area (Å²) in [5.41, 5.74) is 5.86. The molecule has 358 valence electrons. The Morgan fingerprint density at radius 3 is 2.14 bits per heavy atom. The molecule has 0 saturated carbocycles. The van der Waals surface area contributed by atoms with Gasteiger partial charge in [0.2, 0.25) is 0 Å². The third-order valence-electron chi connectivity index (χ3n) is 10.9. The zero-order chi connectivity index (χ0) is 47.1. The fourth-order valence-corrected chi connectivity index (χ4v) is 7.29. The van der Waals surface area contributed by atoms with Crippen molar-refractivity contribution < 1.29 is 79.6 Å². The van der Waals surface area contributed by atoms with Crippen LogP contribution < -0.4 is 5.73 Å². The van der Waals surface area contributed by atoms with Crippen LogP contribution in [0.2, 0.25) is 0 Å². The third kappa shape index (κ3) is 21.0. The van der Waals surface area contributed by atoms with Crippen molar-refractivity contribution >= 4 is 11.9 Å². The molecule has 2 aliphatic heterocycles. The second kappa shape index (κ2) is 29.2. The number of allylic oxidation sites excluding steroid dienone is 11. The van der Waals surface area contributed by atoms with Crippen LogP contribution in [0.5, 0.6) is 0 Å². The van der Waals surface area contributed by atoms with Crippen molar-refractivity contribution in [1.29, 1.82) is 0 Å². The number of esters is 1. The van der Waals surface area contributed by atoms with Gasteiger partial charge < -0.3 is 75.7 Å². The van der Waals surface area contributed by atoms with Crippen molar-refractivity contribution in [2.45, 2.75) is 170 Å². The van der Waals surface area contributed by atoms with Crippen LogP contribution in [-0.4, -0.2) is 155 Å². The van der Waals surface area contributed by atoms with Gasteiger partial charge in [-0.1, -0.05) is 92.5 Å². The first-order valence-corrected chi connectivity index (χ1v) is 21.7. The average molecular weight is 896 g/mol. The summed E-state index contributed by atoms with van der Waals surface area (Å²) in [6.07, 6.45) is 7.28. The van der Waals surface area contributed by atoms with Gasteiger partial charge in [-0.2, -0.15) is 0 Å². The highest BCUT2D eigenvalue weighted by atomic mass is 16.7. The minimum atomic E-state index is -2.27. The second-order valence-corrected chi connectivity index (χ2v) is 16.5. The van der Waals surface area contributed by atoms with Crippen LogP contribution >= 0.6 is 0 Å². The van der Waals surface area contributed by atoms with E-state index in [1.54, 1.807) is 38.2 Å². The number of nitrogens with two attached hydrogens (primary N) is 1. The molecule has 0 aromatic carbocycles. The summed E-state index contributed by atoms with van der Waals surface area (Å²) in [7, 11) is 0. The van der Waals surface area contributed by atoms with E-state index in [1.165, 1.54) is 6.08 Å². The maximum atomic E-state index is 12.4. The summed E-state index contributed by atoms with van der Waals surface area (Å²) in [6, 6.07) is -1.09. The molecule has 0 aromatic heterocycles. The highest BCUT2D eigenvalue weighted by Crippen LogP contribution is 2.38. The molecule has 2 rings (SSSR count). The number of carbonyl (C=O) groups is 2. The lowest BCUT2D eigenvalue weighted by molar-refractivity contribution is -0.305. The van der Waals surface area contributed by atoms with Crippen LogP contribution in [0.4, 0.5) is 0 Å². The Morgan fingerprint density at radius 2 is 1.49 bits per heavy atom. The molecule has 0 radical (unpaired) electrons. The van der Waals surface area contributed by atoms with E-state index in [0.29, 0.717) is 0 Å². The van der Waals surface area contributed by atoms with Crippen molar-refractivity contribution in [3.63, 3.8) is 0 Å². The molecule has 17 heteroatoms. The summed E-state index contributed by atoms with van der Waals surface area (Å²) in [5, 5.41) is 106. The maximum absolute atomic E-state index is 12.4. The minimum absolute atomic E-state index is 0.0245. The summed E-state index contributed by atoms with van der Waals surface area (Å²) < 4.78 is 22.6. The molecule has 2 fully saturated rings. The van der Waals surface area contributed by atoms with Crippen molar-refractivity contribution in [2.75, 3.05) is 6.61 Å². The van der Waals surface area contributed by atoms with Crippen molar-refractivity contribution in [3.8, 4) is 0 Å². The van der Waals surface area contributed by atoms with Gasteiger partial charge in [-0.3, -0.25) is 9.59 Å². The molecule has 2 heterocycles. The predicted molar refractivity (Wildman–Crippen MR) is 233 cm³/mol. The Hall–Kier alpha value is -3.40. The number of aliphatic hydroxyl groups is 9. The zero-order valence-corrected chi connectivity index (χ0v) is 36.7. The molecule has 2 aliphatic rings. The number of rotatable bonds is 28. The molecular weight excluding hydrogens is 822 g/mol. The second-order valence-electron chi connectivity index (χ2n) is 16.5. The van der Waals surface area contributed by atoms with E-state index in [-0.39, 0.29) is 57.5 Å². The van der Waals surface area contributed by atoms with Crippen LogP contribution in [-0.2, 0) is 28.5 Å². The van der Waals surface area contributed by atoms with Crippen LogP contribution in [0.1, 0.15) is 85.0 Å². The summed E-state index contributed by atoms with van der Waals surface area (Å²) in [4.78, 5) is 24.7. The normalized spacial score (nSPS) is 30.0. The van der Waals surface area contributed by atoms with E-state index in [0.717, 1.165) is 0 Å². The first-order chi connectivity index (χ1) is 29.8. The molecule has 0 amide bonds. The lowest BCUT2D eigenvalue weighted by Crippen LogP contribution is -2.59. The topological polar surface area (TPSA) is 299 Å². The summed E-state index contributed by atoms with van der Waals surface area (Å²) >= 11 is 0. The predicted octanol–water partition coefficient (Wildman–Crippen LogP) is 1.74. The van der Waals surface area contributed by atoms with E-state index < -0.39 is 122 Å². The van der Waals surface area contributed by atoms with Gasteiger partial charge in [-0.25, -0.2) is 0 Å². The van der Waals surface area contributed by atoms with E-state index >= 15 is 0 Å². The van der Waals surface area contributed by atoms with E-state index in [2.05, 4.69) is 6.58 Å². The average Bonchev–Trinajstić information content (AvgIpc) is 3.20. The number of aliphatic hydroxyl groups excluding tert-OH is 8. The zero-order valence-electron chi connectivity index (χ0n) is 36.7. The molecule has 0 bridgehead atoms. The number of aliphatic carboxylic acids is 1. The quantitative estimate of drug-likeness (QED) is 0.0394. The van der Waals surface area contributed by atoms with Gasteiger partial charge in [-0.05, 0) is 39.5 Å². The molecule has 17 nitrogen and oxygen atoms in total. The van der Waals surface area contributed by atoms with Gasteiger partial charge in [0.05, 0.1) is 67.6 Å². The molecular formula is C46H73NO16. The number of hydrogen-bond acceptors (Lipinski definition) is 16. The van der Waals surface area contributed by atoms with Crippen LogP contribution in [0.3, 0.4) is 0 Å². The van der Waals surface area contributed by atoms with Crippen LogP contribution in [0.25, 0.3) is 0 Å². The molecule has 63 heavy (non-hydrogen) atoms. The lowest BCUT2D eigenvalue weighted by atomic mass is 9.82. The van der Waals surface area contributed by atoms with Gasteiger partial charge in [0.1, 0.15) is 18.1 Å². The first kappa shape index (κ1) is 55.7. The molecule has 0 spiro atoms. The lowest BCUT2D eigenvalue weighted by Gasteiger charge is -2.45. The van der Waals surface area contributed by atoms with E-state index in [1.807, 2.05) is 55.5 Å². The fraction of sp³-hybridized carbons (Fsp3) is 0.652. The monoisotopic (exact) mass is 895 g/mol. The Labute approximate surface area is 370 Å². The van der Waals surface area contributed by atoms with Gasteiger partial charge in [0, 0.05) is 44.4 Å². The number of carboxylic acid groups (broad SMARTS) is 1. The largest absolute Gasteiger partial charge is 0.481 e. The van der Waals surface area contributed by atoms with Gasteiger partial charge in [0.25, 0.3) is 0 Å². The highest BCUT2D eigenvalue weighted by Gasteiger charge is 2.50. The minimum Gasteiger partial charge on any atom is -0.481 e.